The van der Waals surface area contributed by atoms with Crippen LogP contribution in [0, 0.1) is 0 Å². The molecule has 1 heterocycles. The van der Waals surface area contributed by atoms with Gasteiger partial charge < -0.3 is 16.0 Å². The van der Waals surface area contributed by atoms with Gasteiger partial charge in [-0.25, -0.2) is 4.79 Å². The molecule has 0 unspecified atom stereocenters. The van der Waals surface area contributed by atoms with Gasteiger partial charge in [0.2, 0.25) is 0 Å². The number of amides is 2. The van der Waals surface area contributed by atoms with E-state index in [0.717, 1.165) is 19.5 Å². The molecule has 0 aromatic heterocycles. The molecule has 0 aliphatic carbocycles. The molecule has 1 atom stereocenters. The van der Waals surface area contributed by atoms with Crippen LogP contribution in [0.2, 0.25) is 0 Å². The Balaban J connectivity index is 2.13. The lowest BCUT2D eigenvalue weighted by Crippen LogP contribution is -2.42. The molecule has 1 fully saturated rings. The highest BCUT2D eigenvalue weighted by atomic mass is 16.2. The van der Waals surface area contributed by atoms with Crippen molar-refractivity contribution < 1.29 is 4.79 Å². The molecule has 0 spiro atoms. The van der Waals surface area contributed by atoms with Crippen LogP contribution in [0.15, 0.2) is 0 Å². The monoisotopic (exact) mass is 157 g/mol. The summed E-state index contributed by atoms with van der Waals surface area (Å²) >= 11 is 0. The zero-order valence-corrected chi connectivity index (χ0v) is 6.81. The molecule has 0 aromatic rings. The third-order valence-corrected chi connectivity index (χ3v) is 1.73. The van der Waals surface area contributed by atoms with Crippen molar-refractivity contribution in [1.82, 2.24) is 16.0 Å². The van der Waals surface area contributed by atoms with Crippen molar-refractivity contribution in [3.8, 4) is 0 Å². The topological polar surface area (TPSA) is 53.2 Å². The van der Waals surface area contributed by atoms with Gasteiger partial charge in [-0.1, -0.05) is 0 Å². The minimum Gasteiger partial charge on any atom is -0.338 e. The quantitative estimate of drug-likeness (QED) is 0.514. The average Bonchev–Trinajstić information content (AvgIpc) is 2.40. The number of nitrogens with one attached hydrogen (secondary N) is 3. The van der Waals surface area contributed by atoms with Gasteiger partial charge in [-0.15, -0.1) is 0 Å². The maximum Gasteiger partial charge on any atom is 0.315 e. The fraction of sp³-hybridized carbons (Fsp3) is 0.857. The number of urea groups is 1. The van der Waals surface area contributed by atoms with Crippen LogP contribution < -0.4 is 16.0 Å². The van der Waals surface area contributed by atoms with E-state index in [1.807, 2.05) is 6.92 Å². The van der Waals surface area contributed by atoms with E-state index in [9.17, 15) is 4.79 Å². The molecule has 64 valence electrons. The lowest BCUT2D eigenvalue weighted by Gasteiger charge is -2.10. The Morgan fingerprint density at radius 3 is 3.09 bits per heavy atom. The highest BCUT2D eigenvalue weighted by Gasteiger charge is 2.15. The van der Waals surface area contributed by atoms with Crippen LogP contribution in [0.25, 0.3) is 0 Å². The van der Waals surface area contributed by atoms with E-state index in [1.54, 1.807) is 0 Å². The predicted octanol–water partition coefficient (Wildman–Crippen LogP) is -0.333. The SMILES string of the molecule is CCNC(=O)N[C@H]1CCNC1. The van der Waals surface area contributed by atoms with Crippen LogP contribution >= 0.6 is 0 Å². The van der Waals surface area contributed by atoms with E-state index in [4.69, 9.17) is 0 Å². The van der Waals surface area contributed by atoms with Crippen molar-refractivity contribution in [3.05, 3.63) is 0 Å². The van der Waals surface area contributed by atoms with E-state index in [-0.39, 0.29) is 6.03 Å². The zero-order chi connectivity index (χ0) is 8.10. The third-order valence-electron chi connectivity index (χ3n) is 1.73. The fourth-order valence-electron chi connectivity index (χ4n) is 1.17. The summed E-state index contributed by atoms with van der Waals surface area (Å²) in [5.74, 6) is 0. The molecule has 0 bridgehead atoms. The Labute approximate surface area is 66.7 Å². The number of carbonyl (C=O) groups is 1. The van der Waals surface area contributed by atoms with Crippen LogP contribution in [-0.2, 0) is 0 Å². The van der Waals surface area contributed by atoms with Crippen LogP contribution in [-0.4, -0.2) is 31.7 Å². The van der Waals surface area contributed by atoms with Gasteiger partial charge in [-0.05, 0) is 19.9 Å². The second kappa shape index (κ2) is 4.18. The average molecular weight is 157 g/mol. The minimum atomic E-state index is -0.0544. The number of rotatable bonds is 2. The standard InChI is InChI=1S/C7H15N3O/c1-2-9-7(11)10-6-3-4-8-5-6/h6,8H,2-5H2,1H3,(H2,9,10,11)/t6-/m0/s1. The lowest BCUT2D eigenvalue weighted by atomic mass is 10.3. The van der Waals surface area contributed by atoms with Gasteiger partial charge in [-0.2, -0.15) is 0 Å². The van der Waals surface area contributed by atoms with Gasteiger partial charge in [0.05, 0.1) is 0 Å². The molecule has 0 aromatic carbocycles. The van der Waals surface area contributed by atoms with Crippen LogP contribution in [0.4, 0.5) is 4.79 Å². The number of carbonyl (C=O) groups excluding carboxylic acids is 1. The van der Waals surface area contributed by atoms with Gasteiger partial charge in [0.25, 0.3) is 0 Å². The molecule has 11 heavy (non-hydrogen) atoms. The second-order valence-corrected chi connectivity index (χ2v) is 2.69. The predicted molar refractivity (Wildman–Crippen MR) is 43.5 cm³/mol. The molecule has 1 aliphatic heterocycles. The summed E-state index contributed by atoms with van der Waals surface area (Å²) < 4.78 is 0. The lowest BCUT2D eigenvalue weighted by molar-refractivity contribution is 0.238. The smallest absolute Gasteiger partial charge is 0.315 e. The molecule has 0 radical (unpaired) electrons. The van der Waals surface area contributed by atoms with E-state index in [1.165, 1.54) is 0 Å². The van der Waals surface area contributed by atoms with Gasteiger partial charge in [0, 0.05) is 19.1 Å². The largest absolute Gasteiger partial charge is 0.338 e. The van der Waals surface area contributed by atoms with Crippen molar-refractivity contribution in [2.45, 2.75) is 19.4 Å². The summed E-state index contributed by atoms with van der Waals surface area (Å²) in [5, 5.41) is 8.74. The Morgan fingerprint density at radius 1 is 1.73 bits per heavy atom. The van der Waals surface area contributed by atoms with Crippen LogP contribution in [0.1, 0.15) is 13.3 Å². The first-order valence-electron chi connectivity index (χ1n) is 4.08. The minimum absolute atomic E-state index is 0.0544. The summed E-state index contributed by atoms with van der Waals surface area (Å²) in [6, 6.07) is 0.266. The van der Waals surface area contributed by atoms with Gasteiger partial charge in [0.15, 0.2) is 0 Å². The molecule has 4 heteroatoms. The van der Waals surface area contributed by atoms with Crippen molar-refractivity contribution in [2.75, 3.05) is 19.6 Å². The Morgan fingerprint density at radius 2 is 2.55 bits per heavy atom. The molecule has 1 rings (SSSR count). The van der Waals surface area contributed by atoms with Crippen molar-refractivity contribution in [2.24, 2.45) is 0 Å². The van der Waals surface area contributed by atoms with E-state index in [2.05, 4.69) is 16.0 Å². The molecule has 3 N–H and O–H groups in total. The van der Waals surface area contributed by atoms with E-state index in [0.29, 0.717) is 12.6 Å². The molecular weight excluding hydrogens is 142 g/mol. The summed E-state index contributed by atoms with van der Waals surface area (Å²) in [6.45, 7) is 4.51. The highest BCUT2D eigenvalue weighted by Crippen LogP contribution is 1.95. The van der Waals surface area contributed by atoms with Crippen LogP contribution in [0.5, 0.6) is 0 Å². The van der Waals surface area contributed by atoms with Gasteiger partial charge in [0.1, 0.15) is 0 Å². The van der Waals surface area contributed by atoms with E-state index >= 15 is 0 Å². The summed E-state index contributed by atoms with van der Waals surface area (Å²) in [5.41, 5.74) is 0. The molecule has 1 saturated heterocycles. The fourth-order valence-corrected chi connectivity index (χ4v) is 1.17. The molecule has 1 aliphatic rings. The van der Waals surface area contributed by atoms with Crippen molar-refractivity contribution in [3.63, 3.8) is 0 Å². The summed E-state index contributed by atoms with van der Waals surface area (Å²) in [4.78, 5) is 10.9. The summed E-state index contributed by atoms with van der Waals surface area (Å²) in [6.07, 6.45) is 1.04. The third kappa shape index (κ3) is 2.76. The number of hydrogen-bond acceptors (Lipinski definition) is 2. The van der Waals surface area contributed by atoms with Crippen molar-refractivity contribution in [1.29, 1.82) is 0 Å². The Hall–Kier alpha value is -0.770. The maximum absolute atomic E-state index is 10.9. The Kier molecular flexibility index (Phi) is 3.16. The molecule has 0 saturated carbocycles. The Bertz CT molecular complexity index is 132. The summed E-state index contributed by atoms with van der Waals surface area (Å²) in [7, 11) is 0. The van der Waals surface area contributed by atoms with Crippen molar-refractivity contribution >= 4 is 6.03 Å². The molecule has 4 nitrogen and oxygen atoms in total. The van der Waals surface area contributed by atoms with Gasteiger partial charge >= 0.3 is 6.03 Å². The van der Waals surface area contributed by atoms with Gasteiger partial charge in [-0.3, -0.25) is 0 Å². The highest BCUT2D eigenvalue weighted by molar-refractivity contribution is 5.74. The maximum atomic E-state index is 10.9. The second-order valence-electron chi connectivity index (χ2n) is 2.69. The number of hydrogen-bond donors (Lipinski definition) is 3. The first-order chi connectivity index (χ1) is 5.33. The normalized spacial score (nSPS) is 23.2. The van der Waals surface area contributed by atoms with Crippen LogP contribution in [0.3, 0.4) is 0 Å². The first kappa shape index (κ1) is 8.33. The zero-order valence-electron chi connectivity index (χ0n) is 6.81. The van der Waals surface area contributed by atoms with E-state index < -0.39 is 0 Å². The first-order valence-corrected chi connectivity index (χ1v) is 4.08. The molecule has 2 amide bonds. The molecular formula is C7H15N3O.